The van der Waals surface area contributed by atoms with Crippen molar-refractivity contribution in [3.05, 3.63) is 11.6 Å². The number of ether oxygens (including phenoxy) is 1. The molecule has 0 unspecified atom stereocenters. The van der Waals surface area contributed by atoms with Gasteiger partial charge in [0, 0.05) is 10.8 Å². The van der Waals surface area contributed by atoms with Crippen LogP contribution in [0.15, 0.2) is 11.6 Å². The van der Waals surface area contributed by atoms with Crippen LogP contribution in [0.2, 0.25) is 0 Å². The van der Waals surface area contributed by atoms with Gasteiger partial charge in [-0.3, -0.25) is 4.79 Å². The van der Waals surface area contributed by atoms with Crippen molar-refractivity contribution >= 4 is 5.97 Å². The summed E-state index contributed by atoms with van der Waals surface area (Å²) in [5.74, 6) is 1.13. The third-order valence-electron chi connectivity index (χ3n) is 14.0. The van der Waals surface area contributed by atoms with Crippen molar-refractivity contribution < 1.29 is 19.7 Å². The monoisotopic (exact) mass is 542 g/mol. The van der Waals surface area contributed by atoms with Gasteiger partial charge < -0.3 is 14.9 Å². The maximum absolute atomic E-state index is 12.8. The summed E-state index contributed by atoms with van der Waals surface area (Å²) in [6, 6.07) is 0. The standard InChI is InChI=1S/C35H58O4/c1-29(2,3)28(38)39-21-33(8)24-13-16-35(10)25(32(24,7)15-14-26(33)36)12-11-22-23-19-30(4,5)20-27(37)31(23,6)17-18-34(22,35)9/h11,23-27,36-37H,12-21H2,1-10H3/t23-,24+,25+,26-,27+,31+,32-,33+,34+,35+/m0/s1. The van der Waals surface area contributed by atoms with Gasteiger partial charge in [-0.05, 0) is 118 Å². The summed E-state index contributed by atoms with van der Waals surface area (Å²) in [5, 5.41) is 22.8. The van der Waals surface area contributed by atoms with E-state index in [4.69, 9.17) is 4.74 Å². The minimum Gasteiger partial charge on any atom is -0.465 e. The van der Waals surface area contributed by atoms with Crippen molar-refractivity contribution in [3.63, 3.8) is 0 Å². The van der Waals surface area contributed by atoms with Gasteiger partial charge in [0.25, 0.3) is 0 Å². The zero-order valence-electron chi connectivity index (χ0n) is 26.7. The fraction of sp³-hybridized carbons (Fsp3) is 0.914. The molecule has 0 aromatic carbocycles. The zero-order chi connectivity index (χ0) is 29.0. The van der Waals surface area contributed by atoms with E-state index in [0.29, 0.717) is 24.4 Å². The summed E-state index contributed by atoms with van der Waals surface area (Å²) in [4.78, 5) is 12.8. The third-order valence-corrected chi connectivity index (χ3v) is 14.0. The molecule has 0 heterocycles. The van der Waals surface area contributed by atoms with Crippen LogP contribution in [0.3, 0.4) is 0 Å². The number of hydrogen-bond acceptors (Lipinski definition) is 4. The Labute approximate surface area is 238 Å². The summed E-state index contributed by atoms with van der Waals surface area (Å²) in [6.07, 6.45) is 11.4. The molecule has 2 N–H and O–H groups in total. The first-order valence-electron chi connectivity index (χ1n) is 16.0. The Morgan fingerprint density at radius 1 is 0.872 bits per heavy atom. The molecule has 4 nitrogen and oxygen atoms in total. The van der Waals surface area contributed by atoms with E-state index in [1.807, 2.05) is 20.8 Å². The van der Waals surface area contributed by atoms with Crippen LogP contribution in [0.1, 0.15) is 127 Å². The quantitative estimate of drug-likeness (QED) is 0.277. The van der Waals surface area contributed by atoms with E-state index in [9.17, 15) is 15.0 Å². The first-order chi connectivity index (χ1) is 17.7. The molecule has 5 aliphatic carbocycles. The number of carbonyl (C=O) groups excluding carboxylic acids is 1. The largest absolute Gasteiger partial charge is 0.465 e. The van der Waals surface area contributed by atoms with Crippen molar-refractivity contribution in [1.29, 1.82) is 0 Å². The molecule has 0 spiro atoms. The first-order valence-corrected chi connectivity index (χ1v) is 16.0. The molecule has 4 fully saturated rings. The van der Waals surface area contributed by atoms with E-state index < -0.39 is 16.9 Å². The maximum atomic E-state index is 12.8. The normalized spacial score (nSPS) is 51.0. The fourth-order valence-corrected chi connectivity index (χ4v) is 11.1. The summed E-state index contributed by atoms with van der Waals surface area (Å²) >= 11 is 0. The highest BCUT2D eigenvalue weighted by atomic mass is 16.5. The van der Waals surface area contributed by atoms with Gasteiger partial charge in [0.1, 0.15) is 0 Å². The predicted molar refractivity (Wildman–Crippen MR) is 157 cm³/mol. The Hall–Kier alpha value is -0.870. The van der Waals surface area contributed by atoms with Crippen molar-refractivity contribution in [3.8, 4) is 0 Å². The number of fused-ring (bicyclic) bond motifs is 7. The van der Waals surface area contributed by atoms with Crippen LogP contribution in [-0.4, -0.2) is 35.0 Å². The van der Waals surface area contributed by atoms with E-state index in [0.717, 1.165) is 51.4 Å². The van der Waals surface area contributed by atoms with Crippen molar-refractivity contribution in [2.45, 2.75) is 139 Å². The van der Waals surface area contributed by atoms with Crippen molar-refractivity contribution in [1.82, 2.24) is 0 Å². The molecule has 0 aliphatic heterocycles. The molecular weight excluding hydrogens is 484 g/mol. The topological polar surface area (TPSA) is 66.8 Å². The van der Waals surface area contributed by atoms with E-state index in [1.54, 1.807) is 5.57 Å². The molecule has 0 amide bonds. The number of aliphatic hydroxyl groups excluding tert-OH is 2. The van der Waals surface area contributed by atoms with Gasteiger partial charge in [0.2, 0.25) is 0 Å². The molecule has 222 valence electrons. The van der Waals surface area contributed by atoms with E-state index >= 15 is 0 Å². The van der Waals surface area contributed by atoms with Gasteiger partial charge in [0.05, 0.1) is 24.2 Å². The molecule has 0 aromatic heterocycles. The minimum atomic E-state index is -0.541. The van der Waals surface area contributed by atoms with Crippen LogP contribution in [0.5, 0.6) is 0 Å². The third kappa shape index (κ3) is 4.07. The van der Waals surface area contributed by atoms with Crippen LogP contribution in [0.25, 0.3) is 0 Å². The Bertz CT molecular complexity index is 1040. The zero-order valence-corrected chi connectivity index (χ0v) is 26.7. The minimum absolute atomic E-state index is 0.0182. The van der Waals surface area contributed by atoms with Gasteiger partial charge in [-0.2, -0.15) is 0 Å². The molecule has 4 heteroatoms. The van der Waals surface area contributed by atoms with Crippen molar-refractivity contribution in [2.24, 2.45) is 55.7 Å². The molecule has 5 rings (SSSR count). The number of rotatable bonds is 2. The van der Waals surface area contributed by atoms with Gasteiger partial charge >= 0.3 is 5.97 Å². The second kappa shape index (κ2) is 8.82. The number of carbonyl (C=O) groups is 1. The second-order valence-corrected chi connectivity index (χ2v) is 17.8. The maximum Gasteiger partial charge on any atom is 0.311 e. The van der Waals surface area contributed by atoms with E-state index in [-0.39, 0.29) is 39.1 Å². The summed E-state index contributed by atoms with van der Waals surface area (Å²) < 4.78 is 5.95. The average molecular weight is 543 g/mol. The number of esters is 1. The Morgan fingerprint density at radius 2 is 1.54 bits per heavy atom. The predicted octanol–water partition coefficient (Wildman–Crippen LogP) is 7.71. The molecule has 10 atom stereocenters. The molecule has 4 saturated carbocycles. The lowest BCUT2D eigenvalue weighted by molar-refractivity contribution is -0.223. The Kier molecular flexibility index (Phi) is 6.70. The number of aliphatic hydroxyl groups is 2. The average Bonchev–Trinajstić information content (AvgIpc) is 2.81. The highest BCUT2D eigenvalue weighted by Crippen LogP contribution is 2.75. The van der Waals surface area contributed by atoms with Crippen LogP contribution in [0.4, 0.5) is 0 Å². The van der Waals surface area contributed by atoms with Crippen LogP contribution < -0.4 is 0 Å². The smallest absolute Gasteiger partial charge is 0.311 e. The first kappa shape index (κ1) is 29.6. The highest BCUT2D eigenvalue weighted by molar-refractivity contribution is 5.75. The van der Waals surface area contributed by atoms with Gasteiger partial charge in [-0.25, -0.2) is 0 Å². The van der Waals surface area contributed by atoms with E-state index in [1.165, 1.54) is 6.42 Å². The molecule has 39 heavy (non-hydrogen) atoms. The van der Waals surface area contributed by atoms with Gasteiger partial charge in [-0.1, -0.05) is 60.1 Å². The highest BCUT2D eigenvalue weighted by Gasteiger charge is 2.69. The van der Waals surface area contributed by atoms with Gasteiger partial charge in [0.15, 0.2) is 0 Å². The van der Waals surface area contributed by atoms with Crippen LogP contribution in [0, 0.1) is 55.7 Å². The molecule has 0 bridgehead atoms. The molecule has 0 aromatic rings. The summed E-state index contributed by atoms with van der Waals surface area (Å²) in [5.41, 5.74) is 1.23. The number of allylic oxidation sites excluding steroid dienone is 2. The molecule has 0 radical (unpaired) electrons. The Morgan fingerprint density at radius 3 is 2.18 bits per heavy atom. The lowest BCUT2D eigenvalue weighted by Gasteiger charge is -2.71. The molecular formula is C35H58O4. The number of hydrogen-bond donors (Lipinski definition) is 2. The summed E-state index contributed by atoms with van der Waals surface area (Å²) in [6.45, 7) is 23.0. The van der Waals surface area contributed by atoms with Crippen LogP contribution >= 0.6 is 0 Å². The second-order valence-electron chi connectivity index (χ2n) is 17.8. The molecule has 0 saturated heterocycles. The summed E-state index contributed by atoms with van der Waals surface area (Å²) in [7, 11) is 0. The lowest BCUT2D eigenvalue weighted by Crippen LogP contribution is -2.66. The lowest BCUT2D eigenvalue weighted by atomic mass is 9.33. The van der Waals surface area contributed by atoms with Crippen LogP contribution in [-0.2, 0) is 9.53 Å². The molecule has 5 aliphatic rings. The van der Waals surface area contributed by atoms with E-state index in [2.05, 4.69) is 54.5 Å². The SMILES string of the molecule is CC1(C)C[C@@H](O)[C@]2(C)CC[C@]3(C)C(=CC[C@@H]4[C@@]5(C)CC[C@H](O)[C@](C)(COC(=O)C(C)(C)C)[C@@H]5CC[C@]43C)[C@@H]2C1. The fourth-order valence-electron chi connectivity index (χ4n) is 11.1. The van der Waals surface area contributed by atoms with Gasteiger partial charge in [-0.15, -0.1) is 0 Å². The Balaban J connectivity index is 1.50. The van der Waals surface area contributed by atoms with Crippen molar-refractivity contribution in [2.75, 3.05) is 6.61 Å².